The Morgan fingerprint density at radius 1 is 0.889 bits per heavy atom. The summed E-state index contributed by atoms with van der Waals surface area (Å²) in [5.74, 6) is 0.868. The van der Waals surface area contributed by atoms with E-state index >= 15 is 0 Å². The Morgan fingerprint density at radius 3 is 2.44 bits per heavy atom. The van der Waals surface area contributed by atoms with Gasteiger partial charge in [-0.25, -0.2) is 4.98 Å². The van der Waals surface area contributed by atoms with Crippen LogP contribution in [-0.2, 0) is 0 Å². The lowest BCUT2D eigenvalue weighted by Crippen LogP contribution is -2.27. The molecule has 134 valence electrons. The molecule has 1 aromatic heterocycles. The van der Waals surface area contributed by atoms with Gasteiger partial charge >= 0.3 is 0 Å². The molecule has 0 radical (unpaired) electrons. The largest absolute Gasteiger partial charge is 0.349 e. The molecule has 2 atom stereocenters. The van der Waals surface area contributed by atoms with Crippen molar-refractivity contribution >= 4 is 40.2 Å². The lowest BCUT2D eigenvalue weighted by atomic mass is 9.93. The number of anilines is 1. The molecule has 5 rings (SSSR count). The second-order valence-corrected chi connectivity index (χ2v) is 7.66. The molecule has 0 bridgehead atoms. The minimum absolute atomic E-state index is 0.100. The predicted octanol–water partition coefficient (Wildman–Crippen LogP) is 6.49. The van der Waals surface area contributed by atoms with Crippen LogP contribution in [0.3, 0.4) is 0 Å². The van der Waals surface area contributed by atoms with Crippen molar-refractivity contribution in [3.63, 3.8) is 0 Å². The van der Waals surface area contributed by atoms with E-state index < -0.39 is 0 Å². The van der Waals surface area contributed by atoms with E-state index in [0.717, 1.165) is 39.0 Å². The molecule has 2 unspecified atom stereocenters. The highest BCUT2D eigenvalue weighted by atomic mass is 35.5. The summed E-state index contributed by atoms with van der Waals surface area (Å²) in [6.07, 6.45) is 0.874. The monoisotopic (exact) mass is 393 g/mol. The van der Waals surface area contributed by atoms with Crippen LogP contribution < -0.4 is 5.32 Å². The Labute approximate surface area is 167 Å². The number of hydrogen-bond acceptors (Lipinski definition) is 2. The summed E-state index contributed by atoms with van der Waals surface area (Å²) in [5.41, 5.74) is 4.40. The first-order valence-corrected chi connectivity index (χ1v) is 9.70. The summed E-state index contributed by atoms with van der Waals surface area (Å²) in [6.45, 7) is 0. The van der Waals surface area contributed by atoms with Gasteiger partial charge in [-0.1, -0.05) is 65.7 Å². The first-order chi connectivity index (χ1) is 13.2. The molecule has 3 aromatic carbocycles. The van der Waals surface area contributed by atoms with Gasteiger partial charge in [0.25, 0.3) is 0 Å². The second kappa shape index (κ2) is 6.59. The standard InChI is InChI=1S/C22H17Cl2N3/c23-15-11-9-14(10-12-15)19-13-21(16-5-1-2-6-17(16)24)27-20-8-4-3-7-18(20)25-22(27)26-19/h1-12,19,21H,13H2,(H,25,26). The summed E-state index contributed by atoms with van der Waals surface area (Å²) >= 11 is 12.7. The summed E-state index contributed by atoms with van der Waals surface area (Å²) in [5, 5.41) is 5.13. The summed E-state index contributed by atoms with van der Waals surface area (Å²) < 4.78 is 2.27. The number of nitrogens with one attached hydrogen (secondary N) is 1. The van der Waals surface area contributed by atoms with Crippen LogP contribution in [0.25, 0.3) is 11.0 Å². The van der Waals surface area contributed by atoms with Gasteiger partial charge in [0.05, 0.1) is 23.1 Å². The topological polar surface area (TPSA) is 29.9 Å². The van der Waals surface area contributed by atoms with Crippen LogP contribution in [0, 0.1) is 0 Å². The maximum absolute atomic E-state index is 6.59. The van der Waals surface area contributed by atoms with Gasteiger partial charge in [0.15, 0.2) is 0 Å². The van der Waals surface area contributed by atoms with Gasteiger partial charge < -0.3 is 9.88 Å². The van der Waals surface area contributed by atoms with E-state index in [4.69, 9.17) is 28.2 Å². The van der Waals surface area contributed by atoms with Crippen molar-refractivity contribution in [2.24, 2.45) is 0 Å². The molecule has 1 aliphatic rings. The second-order valence-electron chi connectivity index (χ2n) is 6.82. The zero-order chi connectivity index (χ0) is 18.4. The minimum atomic E-state index is 0.100. The molecule has 4 aromatic rings. The molecule has 0 fully saturated rings. The first kappa shape index (κ1) is 16.7. The number of imidazole rings is 1. The fourth-order valence-electron chi connectivity index (χ4n) is 3.93. The first-order valence-electron chi connectivity index (χ1n) is 8.94. The molecule has 27 heavy (non-hydrogen) atoms. The van der Waals surface area contributed by atoms with Crippen molar-refractivity contribution in [3.8, 4) is 0 Å². The van der Waals surface area contributed by atoms with Crippen molar-refractivity contribution in [1.29, 1.82) is 0 Å². The highest BCUT2D eigenvalue weighted by molar-refractivity contribution is 6.31. The average molecular weight is 394 g/mol. The number of hydrogen-bond donors (Lipinski definition) is 1. The van der Waals surface area contributed by atoms with E-state index in [1.165, 1.54) is 5.56 Å². The number of para-hydroxylation sites is 2. The van der Waals surface area contributed by atoms with Crippen LogP contribution in [0.2, 0.25) is 10.0 Å². The third-order valence-corrected chi connectivity index (χ3v) is 5.80. The molecule has 0 saturated heterocycles. The fourth-order valence-corrected chi connectivity index (χ4v) is 4.32. The van der Waals surface area contributed by atoms with E-state index in [1.807, 2.05) is 48.5 Å². The van der Waals surface area contributed by atoms with Crippen LogP contribution in [0.5, 0.6) is 0 Å². The molecule has 0 aliphatic carbocycles. The number of rotatable bonds is 2. The molecular formula is C22H17Cl2N3. The highest BCUT2D eigenvalue weighted by Gasteiger charge is 2.31. The van der Waals surface area contributed by atoms with Crippen LogP contribution in [0.4, 0.5) is 5.95 Å². The summed E-state index contributed by atoms with van der Waals surface area (Å²) in [7, 11) is 0. The fraction of sp³-hybridized carbons (Fsp3) is 0.136. The maximum atomic E-state index is 6.59. The van der Waals surface area contributed by atoms with Crippen molar-refractivity contribution < 1.29 is 0 Å². The van der Waals surface area contributed by atoms with Gasteiger partial charge in [-0.2, -0.15) is 0 Å². The zero-order valence-electron chi connectivity index (χ0n) is 14.4. The van der Waals surface area contributed by atoms with Gasteiger partial charge in [-0.15, -0.1) is 0 Å². The SMILES string of the molecule is Clc1ccc(C2CC(c3ccccc3Cl)n3c(nc4ccccc43)N2)cc1. The molecule has 2 heterocycles. The Kier molecular flexibility index (Phi) is 4.07. The number of benzene rings is 3. The van der Waals surface area contributed by atoms with Crippen molar-refractivity contribution in [2.75, 3.05) is 5.32 Å². The van der Waals surface area contributed by atoms with E-state index in [0.29, 0.717) is 0 Å². The number of aromatic nitrogens is 2. The van der Waals surface area contributed by atoms with Gasteiger partial charge in [0.1, 0.15) is 0 Å². The van der Waals surface area contributed by atoms with Crippen molar-refractivity contribution in [3.05, 3.63) is 94.0 Å². The van der Waals surface area contributed by atoms with Gasteiger partial charge in [-0.3, -0.25) is 0 Å². The maximum Gasteiger partial charge on any atom is 0.204 e. The summed E-state index contributed by atoms with van der Waals surface area (Å²) in [6, 6.07) is 24.5. The van der Waals surface area contributed by atoms with Crippen LogP contribution in [0.1, 0.15) is 29.6 Å². The van der Waals surface area contributed by atoms with Gasteiger partial charge in [0.2, 0.25) is 5.95 Å². The Balaban J connectivity index is 1.68. The molecule has 5 heteroatoms. The lowest BCUT2D eigenvalue weighted by Gasteiger charge is -2.34. The molecule has 0 saturated carbocycles. The third kappa shape index (κ3) is 2.88. The summed E-state index contributed by atoms with van der Waals surface area (Å²) in [4.78, 5) is 4.83. The number of fused-ring (bicyclic) bond motifs is 3. The van der Waals surface area contributed by atoms with E-state index in [9.17, 15) is 0 Å². The Hall–Kier alpha value is -2.49. The van der Waals surface area contributed by atoms with Crippen LogP contribution in [-0.4, -0.2) is 9.55 Å². The quantitative estimate of drug-likeness (QED) is 0.421. The van der Waals surface area contributed by atoms with Gasteiger partial charge in [0, 0.05) is 10.0 Å². The molecule has 3 nitrogen and oxygen atoms in total. The van der Waals surface area contributed by atoms with Crippen molar-refractivity contribution in [1.82, 2.24) is 9.55 Å². The smallest absolute Gasteiger partial charge is 0.204 e. The Bertz CT molecular complexity index is 1120. The highest BCUT2D eigenvalue weighted by Crippen LogP contribution is 2.42. The zero-order valence-corrected chi connectivity index (χ0v) is 16.0. The van der Waals surface area contributed by atoms with Crippen LogP contribution in [0.15, 0.2) is 72.8 Å². The van der Waals surface area contributed by atoms with Crippen LogP contribution >= 0.6 is 23.2 Å². The average Bonchev–Trinajstić information content (AvgIpc) is 3.07. The predicted molar refractivity (Wildman–Crippen MR) is 112 cm³/mol. The normalized spacial score (nSPS) is 18.9. The minimum Gasteiger partial charge on any atom is -0.349 e. The van der Waals surface area contributed by atoms with E-state index in [2.05, 4.69) is 34.1 Å². The lowest BCUT2D eigenvalue weighted by molar-refractivity contribution is 0.477. The molecule has 0 amide bonds. The van der Waals surface area contributed by atoms with Gasteiger partial charge in [-0.05, 0) is 47.9 Å². The number of nitrogens with zero attached hydrogens (tertiary/aromatic N) is 2. The number of halogens is 2. The third-order valence-electron chi connectivity index (χ3n) is 5.21. The van der Waals surface area contributed by atoms with Crippen molar-refractivity contribution in [2.45, 2.75) is 18.5 Å². The molecular weight excluding hydrogens is 377 g/mol. The van der Waals surface area contributed by atoms with E-state index in [-0.39, 0.29) is 12.1 Å². The molecule has 1 N–H and O–H groups in total. The Morgan fingerprint density at radius 2 is 1.63 bits per heavy atom. The molecule has 1 aliphatic heterocycles. The van der Waals surface area contributed by atoms with E-state index in [1.54, 1.807) is 0 Å². The molecule has 0 spiro atoms.